The average Bonchev–Trinajstić information content (AvgIpc) is 3.52. The molecule has 35 heavy (non-hydrogen) atoms. The molecular formula is C27H26F3NO3S. The van der Waals surface area contributed by atoms with Crippen molar-refractivity contribution >= 4 is 23.1 Å². The van der Waals surface area contributed by atoms with Gasteiger partial charge in [-0.1, -0.05) is 24.3 Å². The Kier molecular flexibility index (Phi) is 6.34. The topological polar surface area (TPSA) is 55.4 Å². The van der Waals surface area contributed by atoms with Crippen molar-refractivity contribution in [3.05, 3.63) is 80.8 Å². The summed E-state index contributed by atoms with van der Waals surface area (Å²) in [4.78, 5) is 28.0. The Labute approximate surface area is 205 Å². The van der Waals surface area contributed by atoms with E-state index in [0.717, 1.165) is 42.7 Å². The van der Waals surface area contributed by atoms with Gasteiger partial charge in [0, 0.05) is 34.5 Å². The van der Waals surface area contributed by atoms with Crippen LogP contribution in [-0.2, 0) is 20.5 Å². The summed E-state index contributed by atoms with van der Waals surface area (Å²) in [7, 11) is 0. The third-order valence-corrected chi connectivity index (χ3v) is 8.17. The molecular weight excluding hydrogens is 475 g/mol. The molecule has 1 aliphatic heterocycles. The number of esters is 1. The van der Waals surface area contributed by atoms with Gasteiger partial charge in [-0.25, -0.2) is 4.79 Å². The van der Waals surface area contributed by atoms with Crippen LogP contribution in [-0.4, -0.2) is 17.9 Å². The number of rotatable bonds is 4. The van der Waals surface area contributed by atoms with Crippen LogP contribution in [0.4, 0.5) is 13.2 Å². The molecule has 3 unspecified atom stereocenters. The van der Waals surface area contributed by atoms with E-state index < -0.39 is 29.5 Å². The molecule has 5 rings (SSSR count). The summed E-state index contributed by atoms with van der Waals surface area (Å²) in [5, 5.41) is 5.24. The predicted octanol–water partition coefficient (Wildman–Crippen LogP) is 6.47. The predicted molar refractivity (Wildman–Crippen MR) is 127 cm³/mol. The molecule has 1 aromatic carbocycles. The normalized spacial score (nSPS) is 25.2. The number of carbonyl (C=O) groups is 2. The maximum atomic E-state index is 13.5. The highest BCUT2D eigenvalue weighted by Gasteiger charge is 2.45. The zero-order chi connectivity index (χ0) is 24.7. The lowest BCUT2D eigenvalue weighted by atomic mass is 9.69. The van der Waals surface area contributed by atoms with E-state index >= 15 is 0 Å². The molecule has 0 radical (unpaired) electrons. The summed E-state index contributed by atoms with van der Waals surface area (Å²) in [5.74, 6) is -2.02. The van der Waals surface area contributed by atoms with E-state index in [1.165, 1.54) is 12.1 Å². The monoisotopic (exact) mass is 501 g/mol. The lowest BCUT2D eigenvalue weighted by molar-refractivity contribution is -0.144. The molecule has 2 aromatic rings. The summed E-state index contributed by atoms with van der Waals surface area (Å²) < 4.78 is 45.4. The van der Waals surface area contributed by atoms with Gasteiger partial charge in [-0.2, -0.15) is 13.2 Å². The molecule has 1 aromatic heterocycles. The second kappa shape index (κ2) is 9.30. The lowest BCUT2D eigenvalue weighted by Gasteiger charge is -2.39. The van der Waals surface area contributed by atoms with E-state index in [-0.39, 0.29) is 24.2 Å². The number of alkyl halides is 3. The molecule has 184 valence electrons. The van der Waals surface area contributed by atoms with Gasteiger partial charge in [-0.15, -0.1) is 11.3 Å². The van der Waals surface area contributed by atoms with Gasteiger partial charge in [-0.05, 0) is 61.7 Å². The second-order valence-corrected chi connectivity index (χ2v) is 10.4. The quantitative estimate of drug-likeness (QED) is 0.488. The number of ether oxygens (including phenoxy) is 1. The largest absolute Gasteiger partial charge is 0.459 e. The number of carbonyl (C=O) groups excluding carboxylic acids is 2. The Hall–Kier alpha value is -2.87. The van der Waals surface area contributed by atoms with Crippen LogP contribution >= 0.6 is 11.3 Å². The molecule has 2 heterocycles. The van der Waals surface area contributed by atoms with E-state index in [1.54, 1.807) is 18.3 Å². The maximum Gasteiger partial charge on any atom is 0.416 e. The van der Waals surface area contributed by atoms with Gasteiger partial charge in [0.25, 0.3) is 0 Å². The smallest absolute Gasteiger partial charge is 0.416 e. The van der Waals surface area contributed by atoms with Crippen molar-refractivity contribution in [3.63, 3.8) is 0 Å². The van der Waals surface area contributed by atoms with Crippen molar-refractivity contribution in [1.82, 2.24) is 5.32 Å². The minimum absolute atomic E-state index is 0.0445. The van der Waals surface area contributed by atoms with Gasteiger partial charge < -0.3 is 10.1 Å². The number of ketones is 1. The summed E-state index contributed by atoms with van der Waals surface area (Å²) >= 11 is 1.58. The number of Topliss-reactive ketones (excluding diaryl/α,β-unsaturated/α-hetero) is 1. The minimum atomic E-state index is -4.47. The van der Waals surface area contributed by atoms with E-state index in [9.17, 15) is 22.8 Å². The lowest BCUT2D eigenvalue weighted by Crippen LogP contribution is -2.42. The molecule has 3 aliphatic rings. The van der Waals surface area contributed by atoms with E-state index in [1.807, 2.05) is 23.6 Å². The van der Waals surface area contributed by atoms with Crippen molar-refractivity contribution in [1.29, 1.82) is 0 Å². The molecule has 2 aliphatic carbocycles. The zero-order valence-corrected chi connectivity index (χ0v) is 20.0. The van der Waals surface area contributed by atoms with Crippen LogP contribution in [0.15, 0.2) is 64.8 Å². The number of hydrogen-bond donors (Lipinski definition) is 1. The average molecular weight is 502 g/mol. The van der Waals surface area contributed by atoms with Crippen molar-refractivity contribution in [3.8, 4) is 0 Å². The number of allylic oxidation sites excluding steroid dienone is 3. The highest BCUT2D eigenvalue weighted by molar-refractivity contribution is 7.10. The van der Waals surface area contributed by atoms with E-state index in [0.29, 0.717) is 22.5 Å². The highest BCUT2D eigenvalue weighted by atomic mass is 32.1. The molecule has 8 heteroatoms. The SMILES string of the molecule is CC1=C(C(=O)OC2CCCC2)C(c2ccc(C(F)(F)F)cc2)C2C(=O)CC(c3cccs3)C=C2N1. The zero-order valence-electron chi connectivity index (χ0n) is 19.2. The summed E-state index contributed by atoms with van der Waals surface area (Å²) in [5.41, 5.74) is 1.31. The second-order valence-electron chi connectivity index (χ2n) is 9.46. The first kappa shape index (κ1) is 23.9. The molecule has 4 nitrogen and oxygen atoms in total. The molecule has 3 atom stereocenters. The van der Waals surface area contributed by atoms with Crippen molar-refractivity contribution in [2.75, 3.05) is 0 Å². The van der Waals surface area contributed by atoms with Crippen LogP contribution in [0, 0.1) is 5.92 Å². The van der Waals surface area contributed by atoms with Crippen molar-refractivity contribution in [2.24, 2.45) is 5.92 Å². The van der Waals surface area contributed by atoms with Crippen LogP contribution in [0.3, 0.4) is 0 Å². The first-order valence-electron chi connectivity index (χ1n) is 11.9. The van der Waals surface area contributed by atoms with Crippen LogP contribution in [0.1, 0.15) is 66.9 Å². The van der Waals surface area contributed by atoms with E-state index in [4.69, 9.17) is 4.74 Å². The third-order valence-electron chi connectivity index (χ3n) is 7.17. The van der Waals surface area contributed by atoms with Crippen molar-refractivity contribution in [2.45, 2.75) is 63.1 Å². The molecule has 0 amide bonds. The molecule has 0 saturated heterocycles. The number of hydrogen-bond acceptors (Lipinski definition) is 5. The summed E-state index contributed by atoms with van der Waals surface area (Å²) in [6.07, 6.45) is 1.25. The maximum absolute atomic E-state index is 13.5. The van der Waals surface area contributed by atoms with Gasteiger partial charge >= 0.3 is 12.1 Å². The minimum Gasteiger partial charge on any atom is -0.459 e. The first-order chi connectivity index (χ1) is 16.7. The Balaban J connectivity index is 1.57. The third kappa shape index (κ3) is 4.68. The fourth-order valence-electron chi connectivity index (χ4n) is 5.49. The van der Waals surface area contributed by atoms with Crippen LogP contribution in [0.25, 0.3) is 0 Å². The number of thiophene rings is 1. The fourth-order valence-corrected chi connectivity index (χ4v) is 6.29. The van der Waals surface area contributed by atoms with Gasteiger partial charge in [0.15, 0.2) is 0 Å². The van der Waals surface area contributed by atoms with Crippen molar-refractivity contribution < 1.29 is 27.5 Å². The molecule has 1 N–H and O–H groups in total. The number of fused-ring (bicyclic) bond motifs is 1. The molecule has 0 bridgehead atoms. The van der Waals surface area contributed by atoms with Gasteiger partial charge in [0.2, 0.25) is 0 Å². The summed E-state index contributed by atoms with van der Waals surface area (Å²) in [6.45, 7) is 1.76. The van der Waals surface area contributed by atoms with Crippen LogP contribution in [0.2, 0.25) is 0 Å². The molecule has 0 spiro atoms. The standard InChI is InChI=1S/C27H26F3NO3S/c1-15-23(26(33)34-19-5-2-3-6-19)24(16-8-10-18(11-9-16)27(28,29)30)25-20(31-15)13-17(14-21(25)32)22-7-4-12-35-22/h4,7-13,17,19,24-25,31H,2-3,5-6,14H2,1H3. The summed E-state index contributed by atoms with van der Waals surface area (Å²) in [6, 6.07) is 8.71. The van der Waals surface area contributed by atoms with Gasteiger partial charge in [0.1, 0.15) is 11.9 Å². The Morgan fingerprint density at radius 1 is 1.09 bits per heavy atom. The Morgan fingerprint density at radius 3 is 2.43 bits per heavy atom. The fraction of sp³-hybridized carbons (Fsp3) is 0.407. The first-order valence-corrected chi connectivity index (χ1v) is 12.7. The van der Waals surface area contributed by atoms with Gasteiger partial charge in [-0.3, -0.25) is 4.79 Å². The van der Waals surface area contributed by atoms with Gasteiger partial charge in [0.05, 0.1) is 17.1 Å². The number of nitrogens with one attached hydrogen (secondary N) is 1. The van der Waals surface area contributed by atoms with Crippen LogP contribution in [0.5, 0.6) is 0 Å². The van der Waals surface area contributed by atoms with E-state index in [2.05, 4.69) is 5.32 Å². The van der Waals surface area contributed by atoms with Crippen LogP contribution < -0.4 is 5.32 Å². The number of halogens is 3. The molecule has 1 fully saturated rings. The molecule has 1 saturated carbocycles. The highest BCUT2D eigenvalue weighted by Crippen LogP contribution is 2.47. The Morgan fingerprint density at radius 2 is 1.80 bits per heavy atom. The number of benzene rings is 1. The Bertz CT molecular complexity index is 1180.